The number of rotatable bonds is 4. The van der Waals surface area contributed by atoms with Gasteiger partial charge in [0.15, 0.2) is 0 Å². The van der Waals surface area contributed by atoms with Crippen LogP contribution in [0.2, 0.25) is 0 Å². The summed E-state index contributed by atoms with van der Waals surface area (Å²) >= 11 is 0. The molecule has 0 bridgehead atoms. The highest BCUT2D eigenvalue weighted by atomic mass is 15.3. The minimum atomic E-state index is 0.758. The summed E-state index contributed by atoms with van der Waals surface area (Å²) in [5, 5.41) is 0. The third kappa shape index (κ3) is 3.62. The Kier molecular flexibility index (Phi) is 5.58. The summed E-state index contributed by atoms with van der Waals surface area (Å²) in [4.78, 5) is 5.59. The zero-order valence-corrected chi connectivity index (χ0v) is 14.0. The molecular weight excluding hydrogens is 258 g/mol. The van der Waals surface area contributed by atoms with Gasteiger partial charge in [-0.3, -0.25) is 9.80 Å². The lowest BCUT2D eigenvalue weighted by Crippen LogP contribution is -2.59. The van der Waals surface area contributed by atoms with Gasteiger partial charge in [0.2, 0.25) is 0 Å². The number of piperidine rings is 1. The molecule has 3 heteroatoms. The van der Waals surface area contributed by atoms with Gasteiger partial charge in [-0.2, -0.15) is 0 Å². The lowest BCUT2D eigenvalue weighted by Gasteiger charge is -2.50. The van der Waals surface area contributed by atoms with Crippen LogP contribution in [-0.4, -0.2) is 54.6 Å². The minimum absolute atomic E-state index is 0.758. The third-order valence-corrected chi connectivity index (χ3v) is 6.40. The first-order valence-electron chi connectivity index (χ1n) is 9.50. The first-order valence-corrected chi connectivity index (χ1v) is 9.50. The summed E-state index contributed by atoms with van der Waals surface area (Å²) in [6, 6.07) is 1.63. The van der Waals surface area contributed by atoms with Gasteiger partial charge < -0.3 is 5.73 Å². The number of hydrogen-bond donors (Lipinski definition) is 1. The summed E-state index contributed by atoms with van der Waals surface area (Å²) in [5.41, 5.74) is 6.11. The van der Waals surface area contributed by atoms with E-state index in [1.165, 1.54) is 77.5 Å². The summed E-state index contributed by atoms with van der Waals surface area (Å²) in [7, 11) is 0. The molecule has 3 nitrogen and oxygen atoms in total. The molecule has 2 N–H and O–H groups in total. The molecule has 0 spiro atoms. The maximum atomic E-state index is 6.11. The quantitative estimate of drug-likeness (QED) is 0.865. The van der Waals surface area contributed by atoms with Crippen LogP contribution in [0.1, 0.15) is 58.3 Å². The van der Waals surface area contributed by atoms with E-state index in [0.29, 0.717) is 0 Å². The van der Waals surface area contributed by atoms with E-state index in [1.54, 1.807) is 0 Å². The molecule has 3 fully saturated rings. The lowest BCUT2D eigenvalue weighted by molar-refractivity contribution is -0.00610. The molecule has 21 heavy (non-hydrogen) atoms. The molecule has 4 atom stereocenters. The van der Waals surface area contributed by atoms with E-state index in [2.05, 4.69) is 16.7 Å². The molecule has 3 aliphatic rings. The fourth-order valence-corrected chi connectivity index (χ4v) is 5.17. The van der Waals surface area contributed by atoms with Crippen LogP contribution >= 0.6 is 0 Å². The Bertz CT molecular complexity index is 320. The summed E-state index contributed by atoms with van der Waals surface area (Å²) in [6.07, 6.45) is 11.3. The van der Waals surface area contributed by atoms with Crippen molar-refractivity contribution in [1.29, 1.82) is 0 Å². The van der Waals surface area contributed by atoms with E-state index >= 15 is 0 Å². The van der Waals surface area contributed by atoms with Gasteiger partial charge in [0.25, 0.3) is 0 Å². The van der Waals surface area contributed by atoms with Gasteiger partial charge in [-0.25, -0.2) is 0 Å². The van der Waals surface area contributed by atoms with Crippen LogP contribution in [0.4, 0.5) is 0 Å². The molecule has 0 radical (unpaired) electrons. The second-order valence-corrected chi connectivity index (χ2v) is 7.71. The molecule has 2 saturated heterocycles. The number of nitrogens with two attached hydrogens (primary N) is 1. The Labute approximate surface area is 131 Å². The second kappa shape index (κ2) is 7.43. The number of piperazine rings is 1. The van der Waals surface area contributed by atoms with Crippen LogP contribution in [0.25, 0.3) is 0 Å². The fourth-order valence-electron chi connectivity index (χ4n) is 5.17. The Hall–Kier alpha value is -0.120. The molecule has 4 unspecified atom stereocenters. The minimum Gasteiger partial charge on any atom is -0.330 e. The molecule has 0 aromatic rings. The third-order valence-electron chi connectivity index (χ3n) is 6.40. The van der Waals surface area contributed by atoms with Crippen molar-refractivity contribution in [3.63, 3.8) is 0 Å². The molecule has 2 heterocycles. The zero-order valence-electron chi connectivity index (χ0n) is 14.0. The van der Waals surface area contributed by atoms with Crippen molar-refractivity contribution in [2.24, 2.45) is 17.6 Å². The molecule has 1 saturated carbocycles. The normalized spacial score (nSPS) is 39.1. The van der Waals surface area contributed by atoms with E-state index in [9.17, 15) is 0 Å². The highest BCUT2D eigenvalue weighted by molar-refractivity contribution is 4.93. The SMILES string of the molecule is CCCC1CCC(CN)C(N2CCN3CCCCC3C2)C1. The van der Waals surface area contributed by atoms with Crippen molar-refractivity contribution in [3.8, 4) is 0 Å². The van der Waals surface area contributed by atoms with E-state index in [4.69, 9.17) is 5.73 Å². The largest absolute Gasteiger partial charge is 0.330 e. The zero-order chi connectivity index (χ0) is 14.7. The topological polar surface area (TPSA) is 32.5 Å². The molecule has 3 rings (SSSR count). The smallest absolute Gasteiger partial charge is 0.0223 e. The maximum absolute atomic E-state index is 6.11. The Morgan fingerprint density at radius 1 is 1.00 bits per heavy atom. The van der Waals surface area contributed by atoms with Crippen molar-refractivity contribution in [3.05, 3.63) is 0 Å². The number of hydrogen-bond acceptors (Lipinski definition) is 3. The van der Waals surface area contributed by atoms with Crippen LogP contribution in [-0.2, 0) is 0 Å². The lowest BCUT2D eigenvalue weighted by atomic mass is 9.75. The van der Waals surface area contributed by atoms with Crippen LogP contribution in [0.3, 0.4) is 0 Å². The monoisotopic (exact) mass is 293 g/mol. The molecule has 0 aromatic carbocycles. The maximum Gasteiger partial charge on any atom is 0.0223 e. The van der Waals surface area contributed by atoms with Gasteiger partial charge in [0.05, 0.1) is 0 Å². The van der Waals surface area contributed by atoms with Crippen molar-refractivity contribution in [1.82, 2.24) is 9.80 Å². The van der Waals surface area contributed by atoms with Gasteiger partial charge in [-0.1, -0.05) is 32.6 Å². The van der Waals surface area contributed by atoms with Gasteiger partial charge in [-0.15, -0.1) is 0 Å². The Morgan fingerprint density at radius 2 is 1.86 bits per heavy atom. The van der Waals surface area contributed by atoms with E-state index in [-0.39, 0.29) is 0 Å². The summed E-state index contributed by atoms with van der Waals surface area (Å²) < 4.78 is 0. The van der Waals surface area contributed by atoms with Crippen LogP contribution in [0, 0.1) is 11.8 Å². The molecule has 122 valence electrons. The molecule has 0 aromatic heterocycles. The molecular formula is C18H35N3. The van der Waals surface area contributed by atoms with Crippen LogP contribution < -0.4 is 5.73 Å². The van der Waals surface area contributed by atoms with Gasteiger partial charge >= 0.3 is 0 Å². The van der Waals surface area contributed by atoms with Crippen molar-refractivity contribution < 1.29 is 0 Å². The van der Waals surface area contributed by atoms with E-state index in [0.717, 1.165) is 30.5 Å². The average Bonchev–Trinajstić information content (AvgIpc) is 2.54. The average molecular weight is 293 g/mol. The Balaban J connectivity index is 1.62. The first kappa shape index (κ1) is 15.8. The van der Waals surface area contributed by atoms with E-state index in [1.807, 2.05) is 0 Å². The van der Waals surface area contributed by atoms with Crippen molar-refractivity contribution in [2.45, 2.75) is 70.4 Å². The van der Waals surface area contributed by atoms with Crippen molar-refractivity contribution >= 4 is 0 Å². The highest BCUT2D eigenvalue weighted by Crippen LogP contribution is 2.36. The first-order chi connectivity index (χ1) is 10.3. The number of fused-ring (bicyclic) bond motifs is 1. The van der Waals surface area contributed by atoms with Gasteiger partial charge in [0, 0.05) is 31.7 Å². The molecule has 0 amide bonds. The second-order valence-electron chi connectivity index (χ2n) is 7.71. The van der Waals surface area contributed by atoms with Gasteiger partial charge in [-0.05, 0) is 50.6 Å². The molecule has 2 aliphatic heterocycles. The van der Waals surface area contributed by atoms with Crippen LogP contribution in [0.5, 0.6) is 0 Å². The Morgan fingerprint density at radius 3 is 2.67 bits per heavy atom. The summed E-state index contributed by atoms with van der Waals surface area (Å²) in [6.45, 7) is 8.49. The number of nitrogens with zero attached hydrogens (tertiary/aromatic N) is 2. The van der Waals surface area contributed by atoms with Gasteiger partial charge in [0.1, 0.15) is 0 Å². The standard InChI is InChI=1S/C18H35N3/c1-2-5-15-7-8-16(13-19)18(12-15)21-11-10-20-9-4-3-6-17(20)14-21/h15-18H,2-14,19H2,1H3. The highest BCUT2D eigenvalue weighted by Gasteiger charge is 2.37. The predicted molar refractivity (Wildman–Crippen MR) is 89.4 cm³/mol. The van der Waals surface area contributed by atoms with E-state index < -0.39 is 0 Å². The van der Waals surface area contributed by atoms with Crippen LogP contribution in [0.15, 0.2) is 0 Å². The summed E-state index contributed by atoms with van der Waals surface area (Å²) in [5.74, 6) is 1.72. The van der Waals surface area contributed by atoms with Crippen molar-refractivity contribution in [2.75, 3.05) is 32.7 Å². The predicted octanol–water partition coefficient (Wildman–Crippen LogP) is 2.70. The molecule has 1 aliphatic carbocycles. The fraction of sp³-hybridized carbons (Fsp3) is 1.00.